The van der Waals surface area contributed by atoms with Gasteiger partial charge in [-0.3, -0.25) is 0 Å². The molecule has 2 heteroatoms. The highest BCUT2D eigenvalue weighted by Crippen LogP contribution is 2.66. The fraction of sp³-hybridized carbons (Fsp3) is 0.667. The van der Waals surface area contributed by atoms with E-state index >= 15 is 0 Å². The Hall–Kier alpha value is -1.02. The van der Waals surface area contributed by atoms with Gasteiger partial charge < -0.3 is 10.5 Å². The minimum absolute atomic E-state index is 0.361. The molecule has 20 heavy (non-hydrogen) atoms. The number of rotatable bonds is 4. The van der Waals surface area contributed by atoms with Crippen molar-refractivity contribution in [1.82, 2.24) is 0 Å². The predicted molar refractivity (Wildman–Crippen MR) is 83.5 cm³/mol. The summed E-state index contributed by atoms with van der Waals surface area (Å²) in [4.78, 5) is 0. The molecule has 2 aliphatic rings. The van der Waals surface area contributed by atoms with Crippen molar-refractivity contribution in [2.75, 3.05) is 12.3 Å². The van der Waals surface area contributed by atoms with Gasteiger partial charge >= 0.3 is 0 Å². The lowest BCUT2D eigenvalue weighted by Crippen LogP contribution is -2.37. The summed E-state index contributed by atoms with van der Waals surface area (Å²) in [5.41, 5.74) is 8.88. The Bertz CT molecular complexity index is 496. The summed E-state index contributed by atoms with van der Waals surface area (Å²) < 4.78 is 6.28. The van der Waals surface area contributed by atoms with Crippen molar-refractivity contribution in [3.8, 4) is 0 Å². The van der Waals surface area contributed by atoms with E-state index in [4.69, 9.17) is 10.5 Å². The average molecular weight is 273 g/mol. The highest BCUT2D eigenvalue weighted by atomic mass is 16.5. The molecule has 3 atom stereocenters. The molecule has 2 bridgehead atoms. The van der Waals surface area contributed by atoms with Gasteiger partial charge in [0.15, 0.2) is 0 Å². The topological polar surface area (TPSA) is 35.2 Å². The molecule has 0 heterocycles. The number of nitrogens with two attached hydrogens (primary N) is 1. The fourth-order valence-electron chi connectivity index (χ4n) is 4.46. The average Bonchev–Trinajstić information content (AvgIpc) is 2.74. The molecule has 110 valence electrons. The molecule has 0 spiro atoms. The summed E-state index contributed by atoms with van der Waals surface area (Å²) in [6.07, 6.45) is 5.30. The zero-order valence-electron chi connectivity index (χ0n) is 13.0. The van der Waals surface area contributed by atoms with Crippen LogP contribution in [0.3, 0.4) is 0 Å². The van der Waals surface area contributed by atoms with Gasteiger partial charge in [-0.2, -0.15) is 0 Å². The van der Waals surface area contributed by atoms with Crippen molar-refractivity contribution in [2.24, 2.45) is 16.7 Å². The van der Waals surface area contributed by atoms with E-state index < -0.39 is 0 Å². The molecule has 2 aliphatic carbocycles. The molecule has 3 unspecified atom stereocenters. The molecule has 0 aliphatic heterocycles. The third-order valence-electron chi connectivity index (χ3n) is 6.46. The molecule has 3 rings (SSSR count). The quantitative estimate of drug-likeness (QED) is 0.840. The van der Waals surface area contributed by atoms with Crippen molar-refractivity contribution < 1.29 is 4.74 Å². The van der Waals surface area contributed by atoms with Gasteiger partial charge in [-0.15, -0.1) is 0 Å². The second-order valence-electron chi connectivity index (χ2n) is 7.42. The van der Waals surface area contributed by atoms with E-state index in [1.165, 1.54) is 24.8 Å². The van der Waals surface area contributed by atoms with Crippen LogP contribution in [0.5, 0.6) is 0 Å². The third-order valence-corrected chi connectivity index (χ3v) is 6.46. The number of fused-ring (bicyclic) bond motifs is 2. The van der Waals surface area contributed by atoms with Crippen LogP contribution in [0, 0.1) is 16.7 Å². The SMILES string of the molecule is CC1(C)C2CCC1(C)C(OCCc1ccccc1N)C2. The predicted octanol–water partition coefficient (Wildman–Crippen LogP) is 4.04. The van der Waals surface area contributed by atoms with Gasteiger partial charge in [0.25, 0.3) is 0 Å². The molecule has 2 saturated carbocycles. The van der Waals surface area contributed by atoms with Gasteiger partial charge in [-0.25, -0.2) is 0 Å². The maximum Gasteiger partial charge on any atom is 0.0636 e. The monoisotopic (exact) mass is 273 g/mol. The van der Waals surface area contributed by atoms with E-state index in [-0.39, 0.29) is 0 Å². The first-order valence-corrected chi connectivity index (χ1v) is 7.90. The Morgan fingerprint density at radius 1 is 1.25 bits per heavy atom. The maximum atomic E-state index is 6.28. The summed E-state index contributed by atoms with van der Waals surface area (Å²) in [5, 5.41) is 0. The molecular weight excluding hydrogens is 246 g/mol. The van der Waals surface area contributed by atoms with E-state index in [9.17, 15) is 0 Å². The molecule has 0 amide bonds. The Labute approximate surface area is 122 Å². The fourth-order valence-corrected chi connectivity index (χ4v) is 4.46. The largest absolute Gasteiger partial charge is 0.399 e. The number of anilines is 1. The number of hydrogen-bond donors (Lipinski definition) is 1. The second-order valence-corrected chi connectivity index (χ2v) is 7.42. The minimum atomic E-state index is 0.361. The van der Waals surface area contributed by atoms with Crippen molar-refractivity contribution in [3.05, 3.63) is 29.8 Å². The number of hydrogen-bond acceptors (Lipinski definition) is 2. The molecule has 0 aromatic heterocycles. The van der Waals surface area contributed by atoms with Crippen molar-refractivity contribution in [3.63, 3.8) is 0 Å². The van der Waals surface area contributed by atoms with Crippen LogP contribution in [0.1, 0.15) is 45.6 Å². The highest BCUT2D eigenvalue weighted by molar-refractivity contribution is 5.46. The third kappa shape index (κ3) is 1.96. The van der Waals surface area contributed by atoms with Crippen LogP contribution >= 0.6 is 0 Å². The van der Waals surface area contributed by atoms with Gasteiger partial charge in [-0.05, 0) is 54.1 Å². The van der Waals surface area contributed by atoms with E-state index in [1.807, 2.05) is 18.2 Å². The summed E-state index contributed by atoms with van der Waals surface area (Å²) in [7, 11) is 0. The van der Waals surface area contributed by atoms with Crippen LogP contribution in [-0.4, -0.2) is 12.7 Å². The van der Waals surface area contributed by atoms with Gasteiger partial charge in [0.05, 0.1) is 12.7 Å². The molecule has 0 saturated heterocycles. The van der Waals surface area contributed by atoms with Gasteiger partial charge in [0, 0.05) is 5.69 Å². The normalized spacial score (nSPS) is 34.5. The van der Waals surface area contributed by atoms with Crippen LogP contribution in [0.25, 0.3) is 0 Å². The van der Waals surface area contributed by atoms with Gasteiger partial charge in [-0.1, -0.05) is 39.0 Å². The van der Waals surface area contributed by atoms with E-state index in [0.29, 0.717) is 16.9 Å². The summed E-state index contributed by atoms with van der Waals surface area (Å²) >= 11 is 0. The van der Waals surface area contributed by atoms with Crippen LogP contribution in [0.2, 0.25) is 0 Å². The van der Waals surface area contributed by atoms with Crippen molar-refractivity contribution in [1.29, 1.82) is 0 Å². The standard InChI is InChI=1S/C18H27NO/c1-17(2)14-8-10-18(17,3)16(12-14)20-11-9-13-6-4-5-7-15(13)19/h4-7,14,16H,8-12,19H2,1-3H3. The summed E-state index contributed by atoms with van der Waals surface area (Å²) in [5.74, 6) is 0.847. The zero-order valence-corrected chi connectivity index (χ0v) is 13.0. The first-order chi connectivity index (χ1) is 9.45. The Balaban J connectivity index is 1.60. The second kappa shape index (κ2) is 4.77. The Kier molecular flexibility index (Phi) is 3.32. The van der Waals surface area contributed by atoms with Crippen molar-refractivity contribution >= 4 is 5.69 Å². The van der Waals surface area contributed by atoms with E-state index in [0.717, 1.165) is 24.6 Å². The molecule has 2 N–H and O–H groups in total. The molecule has 2 nitrogen and oxygen atoms in total. The van der Waals surface area contributed by atoms with E-state index in [1.54, 1.807) is 0 Å². The first-order valence-electron chi connectivity index (χ1n) is 7.90. The van der Waals surface area contributed by atoms with Gasteiger partial charge in [0.2, 0.25) is 0 Å². The molecule has 1 aromatic rings. The van der Waals surface area contributed by atoms with Crippen molar-refractivity contribution in [2.45, 2.75) is 52.6 Å². The lowest BCUT2D eigenvalue weighted by atomic mass is 9.70. The van der Waals surface area contributed by atoms with E-state index in [2.05, 4.69) is 26.8 Å². The maximum absolute atomic E-state index is 6.28. The number of ether oxygens (including phenoxy) is 1. The molecule has 2 fully saturated rings. The van der Waals surface area contributed by atoms with Gasteiger partial charge in [0.1, 0.15) is 0 Å². The number of benzene rings is 1. The molecular formula is C18H27NO. The molecule has 0 radical (unpaired) electrons. The summed E-state index contributed by atoms with van der Waals surface area (Å²) in [6, 6.07) is 8.11. The zero-order chi connectivity index (χ0) is 14.4. The van der Waals surface area contributed by atoms with Crippen LogP contribution < -0.4 is 5.73 Å². The lowest BCUT2D eigenvalue weighted by molar-refractivity contribution is -0.0452. The van der Waals surface area contributed by atoms with Crippen LogP contribution in [0.15, 0.2) is 24.3 Å². The van der Waals surface area contributed by atoms with Crippen LogP contribution in [0.4, 0.5) is 5.69 Å². The molecule has 1 aromatic carbocycles. The first kappa shape index (κ1) is 13.9. The smallest absolute Gasteiger partial charge is 0.0636 e. The number of nitrogen functional groups attached to an aromatic ring is 1. The lowest BCUT2D eigenvalue weighted by Gasteiger charge is -2.39. The highest BCUT2D eigenvalue weighted by Gasteiger charge is 2.61. The summed E-state index contributed by atoms with van der Waals surface area (Å²) in [6.45, 7) is 8.09. The van der Waals surface area contributed by atoms with Crippen LogP contribution in [-0.2, 0) is 11.2 Å². The Morgan fingerprint density at radius 2 is 2.00 bits per heavy atom. The Morgan fingerprint density at radius 3 is 2.60 bits per heavy atom. The number of para-hydroxylation sites is 1. The minimum Gasteiger partial charge on any atom is -0.399 e.